The SMILES string of the molecule is C[C@H](CNC(C(=O)Nc1ccc(N2CCN(C)C(=O)C2)cn1)c1cnn(C)c1)c1ccc(C#N)cc1. The maximum absolute atomic E-state index is 13.3. The number of likely N-dealkylation sites (N-methyl/N-ethyl adjacent to an activating group) is 1. The zero-order valence-corrected chi connectivity index (χ0v) is 20.7. The van der Waals surface area contributed by atoms with Crippen LogP contribution in [-0.2, 0) is 16.6 Å². The van der Waals surface area contributed by atoms with E-state index in [0.29, 0.717) is 31.0 Å². The van der Waals surface area contributed by atoms with Crippen LogP contribution in [0.4, 0.5) is 11.5 Å². The second kappa shape index (κ2) is 11.0. The van der Waals surface area contributed by atoms with Crippen LogP contribution >= 0.6 is 0 Å². The first-order chi connectivity index (χ1) is 17.3. The third-order valence-corrected chi connectivity index (χ3v) is 6.38. The molecule has 2 amide bonds. The summed E-state index contributed by atoms with van der Waals surface area (Å²) in [5.41, 5.74) is 3.28. The summed E-state index contributed by atoms with van der Waals surface area (Å²) in [6.07, 6.45) is 5.16. The number of carbonyl (C=O) groups is 2. The highest BCUT2D eigenvalue weighted by atomic mass is 16.2. The van der Waals surface area contributed by atoms with E-state index in [0.717, 1.165) is 23.4 Å². The summed E-state index contributed by atoms with van der Waals surface area (Å²) >= 11 is 0. The maximum Gasteiger partial charge on any atom is 0.247 e. The number of carbonyl (C=O) groups excluding carboxylic acids is 2. The van der Waals surface area contributed by atoms with Gasteiger partial charge in [-0.2, -0.15) is 10.4 Å². The summed E-state index contributed by atoms with van der Waals surface area (Å²) < 4.78 is 1.66. The second-order valence-corrected chi connectivity index (χ2v) is 9.05. The molecular weight excluding hydrogens is 456 g/mol. The van der Waals surface area contributed by atoms with Crippen LogP contribution in [0.3, 0.4) is 0 Å². The number of hydrogen-bond donors (Lipinski definition) is 2. The highest BCUT2D eigenvalue weighted by Crippen LogP contribution is 2.21. The number of piperazine rings is 1. The molecular formula is C26H30N8O2. The lowest BCUT2D eigenvalue weighted by molar-refractivity contribution is -0.129. The molecule has 4 rings (SSSR count). The molecule has 2 N–H and O–H groups in total. The molecule has 1 fully saturated rings. The van der Waals surface area contributed by atoms with Gasteiger partial charge in [0, 0.05) is 45.5 Å². The zero-order chi connectivity index (χ0) is 25.7. The van der Waals surface area contributed by atoms with E-state index >= 15 is 0 Å². The first kappa shape index (κ1) is 24.9. The molecule has 1 aliphatic rings. The number of rotatable bonds is 8. The fourth-order valence-electron chi connectivity index (χ4n) is 4.07. The number of nitriles is 1. The van der Waals surface area contributed by atoms with Crippen LogP contribution in [-0.4, -0.2) is 64.7 Å². The molecule has 186 valence electrons. The number of hydrogen-bond acceptors (Lipinski definition) is 7. The molecule has 0 radical (unpaired) electrons. The summed E-state index contributed by atoms with van der Waals surface area (Å²) in [4.78, 5) is 33.4. The lowest BCUT2D eigenvalue weighted by atomic mass is 9.99. The van der Waals surface area contributed by atoms with Crippen molar-refractivity contribution < 1.29 is 9.59 Å². The number of nitrogens with zero attached hydrogens (tertiary/aromatic N) is 6. The quantitative estimate of drug-likeness (QED) is 0.500. The Morgan fingerprint density at radius 2 is 1.89 bits per heavy atom. The van der Waals surface area contributed by atoms with Gasteiger partial charge in [-0.3, -0.25) is 14.3 Å². The first-order valence-electron chi connectivity index (χ1n) is 11.8. The largest absolute Gasteiger partial charge is 0.359 e. The summed E-state index contributed by atoms with van der Waals surface area (Å²) in [5, 5.41) is 19.5. The second-order valence-electron chi connectivity index (χ2n) is 9.05. The standard InChI is InChI=1S/C26H30N8O2/c1-18(20-6-4-19(12-27)5-7-20)13-29-25(21-14-30-33(3)16-21)26(36)31-23-9-8-22(15-28-23)34-11-10-32(2)24(35)17-34/h4-9,14-16,18,25,29H,10-11,13,17H2,1-3H3,(H,28,31,36)/t18-,25?/m1/s1. The Hall–Kier alpha value is -4.23. The number of amides is 2. The van der Waals surface area contributed by atoms with E-state index in [1.807, 2.05) is 29.3 Å². The van der Waals surface area contributed by atoms with E-state index in [1.165, 1.54) is 0 Å². The van der Waals surface area contributed by atoms with Gasteiger partial charge in [-0.15, -0.1) is 0 Å². The van der Waals surface area contributed by atoms with Crippen molar-refractivity contribution >= 4 is 23.3 Å². The average Bonchev–Trinajstić information content (AvgIpc) is 3.32. The van der Waals surface area contributed by atoms with E-state index in [1.54, 1.807) is 54.3 Å². The van der Waals surface area contributed by atoms with Gasteiger partial charge in [0.15, 0.2) is 0 Å². The number of benzene rings is 1. The molecule has 1 unspecified atom stereocenters. The fourth-order valence-corrected chi connectivity index (χ4v) is 4.07. The van der Waals surface area contributed by atoms with Gasteiger partial charge in [-0.25, -0.2) is 4.98 Å². The van der Waals surface area contributed by atoms with Crippen molar-refractivity contribution in [3.63, 3.8) is 0 Å². The van der Waals surface area contributed by atoms with Gasteiger partial charge in [0.1, 0.15) is 11.9 Å². The van der Waals surface area contributed by atoms with Gasteiger partial charge in [-0.1, -0.05) is 19.1 Å². The minimum absolute atomic E-state index is 0.0688. The molecule has 1 aromatic carbocycles. The molecule has 0 bridgehead atoms. The van der Waals surface area contributed by atoms with Gasteiger partial charge in [0.25, 0.3) is 0 Å². The molecule has 10 nitrogen and oxygen atoms in total. The normalized spacial score (nSPS) is 15.3. The van der Waals surface area contributed by atoms with Gasteiger partial charge in [0.05, 0.1) is 36.3 Å². The molecule has 1 saturated heterocycles. The zero-order valence-electron chi connectivity index (χ0n) is 20.7. The molecule has 2 aromatic heterocycles. The van der Waals surface area contributed by atoms with Crippen LogP contribution in [0, 0.1) is 11.3 Å². The van der Waals surface area contributed by atoms with E-state index < -0.39 is 6.04 Å². The number of nitrogens with one attached hydrogen (secondary N) is 2. The number of aryl methyl sites for hydroxylation is 1. The first-order valence-corrected chi connectivity index (χ1v) is 11.8. The molecule has 3 heterocycles. The smallest absolute Gasteiger partial charge is 0.247 e. The molecule has 3 aromatic rings. The van der Waals surface area contributed by atoms with Crippen LogP contribution in [0.1, 0.15) is 35.6 Å². The van der Waals surface area contributed by atoms with E-state index in [4.69, 9.17) is 5.26 Å². The number of pyridine rings is 1. The Bertz CT molecular complexity index is 1250. The van der Waals surface area contributed by atoms with Gasteiger partial charge < -0.3 is 20.4 Å². The van der Waals surface area contributed by atoms with E-state index in [2.05, 4.69) is 33.7 Å². The Kier molecular flexibility index (Phi) is 7.61. The van der Waals surface area contributed by atoms with Gasteiger partial charge >= 0.3 is 0 Å². The average molecular weight is 487 g/mol. The number of aromatic nitrogens is 3. The number of anilines is 2. The summed E-state index contributed by atoms with van der Waals surface area (Å²) in [5.74, 6) is 0.373. The van der Waals surface area contributed by atoms with Crippen LogP contribution in [0.25, 0.3) is 0 Å². The molecule has 0 spiro atoms. The topological polar surface area (TPSA) is 119 Å². The summed E-state index contributed by atoms with van der Waals surface area (Å²) in [7, 11) is 3.61. The van der Waals surface area contributed by atoms with E-state index in [9.17, 15) is 9.59 Å². The van der Waals surface area contributed by atoms with Crippen LogP contribution in [0.2, 0.25) is 0 Å². The monoisotopic (exact) mass is 486 g/mol. The minimum Gasteiger partial charge on any atom is -0.359 e. The Labute approximate surface area is 210 Å². The van der Waals surface area contributed by atoms with Crippen LogP contribution < -0.4 is 15.5 Å². The molecule has 0 aliphatic carbocycles. The molecule has 36 heavy (non-hydrogen) atoms. The van der Waals surface area contributed by atoms with Crippen molar-refractivity contribution in [1.29, 1.82) is 5.26 Å². The lowest BCUT2D eigenvalue weighted by Crippen LogP contribution is -2.48. The van der Waals surface area contributed by atoms with Crippen molar-refractivity contribution in [2.24, 2.45) is 7.05 Å². The Morgan fingerprint density at radius 3 is 2.50 bits per heavy atom. The molecule has 2 atom stereocenters. The molecule has 10 heteroatoms. The van der Waals surface area contributed by atoms with Crippen LogP contribution in [0.15, 0.2) is 55.0 Å². The third kappa shape index (κ3) is 5.87. The maximum atomic E-state index is 13.3. The van der Waals surface area contributed by atoms with Crippen molar-refractivity contribution in [1.82, 2.24) is 25.0 Å². The third-order valence-electron chi connectivity index (χ3n) is 6.38. The van der Waals surface area contributed by atoms with Crippen molar-refractivity contribution in [3.8, 4) is 6.07 Å². The van der Waals surface area contributed by atoms with Crippen molar-refractivity contribution in [3.05, 3.63) is 71.7 Å². The summed E-state index contributed by atoms with van der Waals surface area (Å²) in [6, 6.07) is 12.6. The minimum atomic E-state index is -0.628. The Morgan fingerprint density at radius 1 is 1.11 bits per heavy atom. The van der Waals surface area contributed by atoms with Gasteiger partial charge in [-0.05, 0) is 35.7 Å². The van der Waals surface area contributed by atoms with Crippen molar-refractivity contribution in [2.75, 3.05) is 43.4 Å². The van der Waals surface area contributed by atoms with Gasteiger partial charge in [0.2, 0.25) is 11.8 Å². The van der Waals surface area contributed by atoms with Crippen molar-refractivity contribution in [2.45, 2.75) is 18.9 Å². The van der Waals surface area contributed by atoms with Crippen LogP contribution in [0.5, 0.6) is 0 Å². The molecule has 0 saturated carbocycles. The fraction of sp³-hybridized carbons (Fsp3) is 0.346. The summed E-state index contributed by atoms with van der Waals surface area (Å²) in [6.45, 7) is 4.32. The highest BCUT2D eigenvalue weighted by Gasteiger charge is 2.24. The van der Waals surface area contributed by atoms with E-state index in [-0.39, 0.29) is 17.7 Å². The predicted molar refractivity (Wildman–Crippen MR) is 136 cm³/mol. The predicted octanol–water partition coefficient (Wildman–Crippen LogP) is 2.04. The Balaban J connectivity index is 1.42. The molecule has 1 aliphatic heterocycles. The lowest BCUT2D eigenvalue weighted by Gasteiger charge is -2.33. The highest BCUT2D eigenvalue weighted by molar-refractivity contribution is 5.94.